The molecule has 0 N–H and O–H groups in total. The molecule has 0 bridgehead atoms. The van der Waals surface area contributed by atoms with Gasteiger partial charge in [0.25, 0.3) is 0 Å². The molecule has 0 aliphatic carbocycles. The molecule has 0 unspecified atom stereocenters. The molecule has 0 fully saturated rings. The molecule has 2 heteroatoms. The van der Waals surface area contributed by atoms with E-state index in [9.17, 15) is 0 Å². The van der Waals surface area contributed by atoms with Crippen LogP contribution in [0.4, 0.5) is 5.69 Å². The molecule has 0 atom stereocenters. The van der Waals surface area contributed by atoms with Gasteiger partial charge >= 0.3 is 0 Å². The summed E-state index contributed by atoms with van der Waals surface area (Å²) in [5.74, 6) is 0. The lowest BCUT2D eigenvalue weighted by atomic mass is 10.1. The lowest BCUT2D eigenvalue weighted by Crippen LogP contribution is -2.10. The Kier molecular flexibility index (Phi) is 3.48. The van der Waals surface area contributed by atoms with Crippen molar-refractivity contribution in [1.82, 2.24) is 0 Å². The van der Waals surface area contributed by atoms with Gasteiger partial charge in [-0.25, -0.2) is 0 Å². The topological polar surface area (TPSA) is 3.24 Å². The molecular weight excluding hydrogens is 166 g/mol. The van der Waals surface area contributed by atoms with E-state index >= 15 is 0 Å². The number of hydrogen-bond acceptors (Lipinski definition) is 2. The van der Waals surface area contributed by atoms with E-state index in [1.165, 1.54) is 11.3 Å². The molecule has 0 aromatic heterocycles. The molecule has 0 radical (unpaired) electrons. The van der Waals surface area contributed by atoms with Crippen molar-refractivity contribution < 1.29 is 0 Å². The first-order valence-corrected chi connectivity index (χ1v) is 4.73. The highest BCUT2D eigenvalue weighted by molar-refractivity contribution is 7.81. The van der Waals surface area contributed by atoms with Crippen molar-refractivity contribution in [2.75, 3.05) is 10.8 Å². The molecule has 0 aliphatic heterocycles. The Bertz CT molecular complexity index is 247. The van der Waals surface area contributed by atoms with E-state index in [1.807, 2.05) is 10.4 Å². The van der Waals surface area contributed by atoms with Crippen molar-refractivity contribution in [2.24, 2.45) is 0 Å². The number of nitrogens with zero attached hydrogens (tertiary/aromatic N) is 1. The summed E-state index contributed by atoms with van der Waals surface area (Å²) in [6.07, 6.45) is 1.06. The zero-order chi connectivity index (χ0) is 8.97. The summed E-state index contributed by atoms with van der Waals surface area (Å²) in [4.78, 5) is 0. The van der Waals surface area contributed by atoms with E-state index in [0.29, 0.717) is 0 Å². The van der Waals surface area contributed by atoms with Crippen LogP contribution in [0.15, 0.2) is 24.3 Å². The second-order valence-corrected chi connectivity index (χ2v) is 3.18. The van der Waals surface area contributed by atoms with Crippen LogP contribution in [0.3, 0.4) is 0 Å². The van der Waals surface area contributed by atoms with Crippen molar-refractivity contribution in [3.63, 3.8) is 0 Å². The van der Waals surface area contributed by atoms with Crippen LogP contribution in [-0.2, 0) is 6.42 Å². The highest BCUT2D eigenvalue weighted by Crippen LogP contribution is 2.21. The normalized spacial score (nSPS) is 9.92. The minimum absolute atomic E-state index is 0.931. The van der Waals surface area contributed by atoms with Crippen LogP contribution in [0.5, 0.6) is 0 Å². The molecule has 1 aromatic carbocycles. The number of hydrogen-bond donors (Lipinski definition) is 1. The maximum Gasteiger partial charge on any atom is 0.0499 e. The molecular formula is C10H15NS. The Morgan fingerprint density at radius 2 is 1.92 bits per heavy atom. The molecule has 0 saturated carbocycles. The summed E-state index contributed by atoms with van der Waals surface area (Å²) in [5, 5.41) is 0. The van der Waals surface area contributed by atoms with E-state index in [0.717, 1.165) is 13.0 Å². The first kappa shape index (κ1) is 9.46. The summed E-state index contributed by atoms with van der Waals surface area (Å²) in [6.45, 7) is 5.19. The molecule has 12 heavy (non-hydrogen) atoms. The van der Waals surface area contributed by atoms with Gasteiger partial charge in [-0.05, 0) is 25.0 Å². The third-order valence-electron chi connectivity index (χ3n) is 1.95. The molecule has 0 saturated heterocycles. The third-order valence-corrected chi connectivity index (χ3v) is 2.45. The smallest absolute Gasteiger partial charge is 0.0499 e. The Morgan fingerprint density at radius 3 is 2.50 bits per heavy atom. The average Bonchev–Trinajstić information content (AvgIpc) is 2.16. The second kappa shape index (κ2) is 4.41. The summed E-state index contributed by atoms with van der Waals surface area (Å²) in [5.41, 5.74) is 2.58. The Labute approximate surface area is 79.9 Å². The van der Waals surface area contributed by atoms with Crippen molar-refractivity contribution in [3.8, 4) is 0 Å². The fraction of sp³-hybridized carbons (Fsp3) is 0.400. The predicted molar refractivity (Wildman–Crippen MR) is 57.8 cm³/mol. The van der Waals surface area contributed by atoms with Gasteiger partial charge in [-0.1, -0.05) is 37.9 Å². The fourth-order valence-electron chi connectivity index (χ4n) is 1.23. The summed E-state index contributed by atoms with van der Waals surface area (Å²) >= 11 is 4.38. The number of aryl methyl sites for hydroxylation is 1. The third kappa shape index (κ3) is 1.95. The SMILES string of the molecule is CCc1ccccc1N(S)CC. The molecule has 1 nitrogen and oxygen atoms in total. The minimum Gasteiger partial charge on any atom is -0.319 e. The maximum absolute atomic E-state index is 4.38. The van der Waals surface area contributed by atoms with Gasteiger partial charge in [0.05, 0.1) is 0 Å². The molecule has 1 aromatic rings. The average molecular weight is 181 g/mol. The van der Waals surface area contributed by atoms with Crippen LogP contribution >= 0.6 is 12.8 Å². The first-order valence-electron chi connectivity index (χ1n) is 4.33. The van der Waals surface area contributed by atoms with Crippen molar-refractivity contribution in [2.45, 2.75) is 20.3 Å². The summed E-state index contributed by atoms with van der Waals surface area (Å²) in [7, 11) is 0. The summed E-state index contributed by atoms with van der Waals surface area (Å²) < 4.78 is 1.97. The maximum atomic E-state index is 4.38. The molecule has 0 heterocycles. The van der Waals surface area contributed by atoms with E-state index < -0.39 is 0 Å². The molecule has 66 valence electrons. The standard InChI is InChI=1S/C10H15NS/c1-3-9-7-5-6-8-10(9)11(12)4-2/h5-8,12H,3-4H2,1-2H3. The number of benzene rings is 1. The van der Waals surface area contributed by atoms with Crippen molar-refractivity contribution in [3.05, 3.63) is 29.8 Å². The van der Waals surface area contributed by atoms with Crippen molar-refractivity contribution >= 4 is 18.5 Å². The Balaban J connectivity index is 2.96. The van der Waals surface area contributed by atoms with Crippen LogP contribution in [0, 0.1) is 0 Å². The lowest BCUT2D eigenvalue weighted by Gasteiger charge is -2.18. The summed E-state index contributed by atoms with van der Waals surface area (Å²) in [6, 6.07) is 8.37. The highest BCUT2D eigenvalue weighted by atomic mass is 32.1. The minimum atomic E-state index is 0.931. The van der Waals surface area contributed by atoms with E-state index in [2.05, 4.69) is 44.9 Å². The molecule has 0 aliphatic rings. The molecule has 0 spiro atoms. The number of rotatable bonds is 3. The van der Waals surface area contributed by atoms with Crippen LogP contribution < -0.4 is 4.31 Å². The first-order chi connectivity index (χ1) is 5.79. The van der Waals surface area contributed by atoms with Gasteiger partial charge in [0.2, 0.25) is 0 Å². The quantitative estimate of drug-likeness (QED) is 0.702. The predicted octanol–water partition coefficient (Wildman–Crippen LogP) is 2.92. The highest BCUT2D eigenvalue weighted by Gasteiger charge is 2.02. The van der Waals surface area contributed by atoms with Gasteiger partial charge in [0.1, 0.15) is 0 Å². The van der Waals surface area contributed by atoms with Gasteiger partial charge in [0.15, 0.2) is 0 Å². The zero-order valence-electron chi connectivity index (χ0n) is 7.62. The zero-order valence-corrected chi connectivity index (χ0v) is 8.51. The second-order valence-electron chi connectivity index (χ2n) is 2.70. The van der Waals surface area contributed by atoms with E-state index in [1.54, 1.807) is 0 Å². The van der Waals surface area contributed by atoms with E-state index in [-0.39, 0.29) is 0 Å². The van der Waals surface area contributed by atoms with E-state index in [4.69, 9.17) is 0 Å². The fourth-order valence-corrected chi connectivity index (χ4v) is 1.43. The van der Waals surface area contributed by atoms with Crippen LogP contribution in [0.1, 0.15) is 19.4 Å². The van der Waals surface area contributed by atoms with Crippen LogP contribution in [0.25, 0.3) is 0 Å². The van der Waals surface area contributed by atoms with Gasteiger partial charge in [-0.3, -0.25) is 0 Å². The Hall–Kier alpha value is -0.630. The van der Waals surface area contributed by atoms with Crippen molar-refractivity contribution in [1.29, 1.82) is 0 Å². The Morgan fingerprint density at radius 1 is 1.25 bits per heavy atom. The number of thiol groups is 1. The monoisotopic (exact) mass is 181 g/mol. The van der Waals surface area contributed by atoms with Gasteiger partial charge in [-0.15, -0.1) is 0 Å². The molecule has 0 amide bonds. The largest absolute Gasteiger partial charge is 0.319 e. The van der Waals surface area contributed by atoms with Gasteiger partial charge in [0, 0.05) is 12.2 Å². The van der Waals surface area contributed by atoms with Gasteiger partial charge in [-0.2, -0.15) is 0 Å². The number of anilines is 1. The van der Waals surface area contributed by atoms with Gasteiger partial charge < -0.3 is 4.31 Å². The molecule has 1 rings (SSSR count). The lowest BCUT2D eigenvalue weighted by molar-refractivity contribution is 1.07. The van der Waals surface area contributed by atoms with Crippen LogP contribution in [-0.4, -0.2) is 6.54 Å². The van der Waals surface area contributed by atoms with Crippen LogP contribution in [0.2, 0.25) is 0 Å². The number of para-hydroxylation sites is 1.